The molecule has 0 aromatic heterocycles. The van der Waals surface area contributed by atoms with E-state index < -0.39 is 5.82 Å². The first kappa shape index (κ1) is 14.1. The molecule has 2 aromatic rings. The molecule has 0 bridgehead atoms. The van der Waals surface area contributed by atoms with Crippen molar-refractivity contribution in [2.24, 2.45) is 0 Å². The van der Waals surface area contributed by atoms with E-state index in [1.807, 2.05) is 0 Å². The number of rotatable bonds is 2. The van der Waals surface area contributed by atoms with Crippen molar-refractivity contribution in [2.75, 3.05) is 16.8 Å². The summed E-state index contributed by atoms with van der Waals surface area (Å²) in [6, 6.07) is 6.11. The topological polar surface area (TPSA) is 64.1 Å². The summed E-state index contributed by atoms with van der Waals surface area (Å²) in [7, 11) is 0. The lowest BCUT2D eigenvalue weighted by Gasteiger charge is -2.14. The Morgan fingerprint density at radius 3 is 2.37 bits per heavy atom. The molecule has 0 unspecified atom stereocenters. The van der Waals surface area contributed by atoms with Crippen LogP contribution in [0.4, 0.5) is 27.1 Å². The first-order valence-electron chi connectivity index (χ1n) is 5.15. The van der Waals surface area contributed by atoms with Crippen LogP contribution in [0, 0.1) is 5.82 Å². The number of hydrogen-bond donors (Lipinski definition) is 3. The van der Waals surface area contributed by atoms with Gasteiger partial charge in [0.15, 0.2) is 5.82 Å². The molecule has 0 saturated heterocycles. The highest BCUT2D eigenvalue weighted by Gasteiger charge is 2.15. The molecule has 0 aliphatic rings. The van der Waals surface area contributed by atoms with Gasteiger partial charge in [-0.1, -0.05) is 34.8 Å². The smallest absolute Gasteiger partial charge is 0.169 e. The zero-order valence-electron chi connectivity index (χ0n) is 9.48. The van der Waals surface area contributed by atoms with E-state index in [9.17, 15) is 4.39 Å². The molecule has 2 rings (SSSR count). The summed E-state index contributed by atoms with van der Waals surface area (Å²) >= 11 is 17.6. The highest BCUT2D eigenvalue weighted by Crippen LogP contribution is 2.37. The summed E-state index contributed by atoms with van der Waals surface area (Å²) < 4.78 is 14.0. The number of halogens is 4. The lowest BCUT2D eigenvalue weighted by Crippen LogP contribution is -2.03. The van der Waals surface area contributed by atoms with Crippen LogP contribution in [0.2, 0.25) is 15.1 Å². The molecule has 19 heavy (non-hydrogen) atoms. The van der Waals surface area contributed by atoms with E-state index in [-0.39, 0.29) is 22.1 Å². The normalized spacial score (nSPS) is 10.5. The molecule has 0 radical (unpaired) electrons. The average Bonchev–Trinajstić information content (AvgIpc) is 2.36. The van der Waals surface area contributed by atoms with Gasteiger partial charge in [0.1, 0.15) is 5.02 Å². The second-order valence-corrected chi connectivity index (χ2v) is 5.03. The van der Waals surface area contributed by atoms with E-state index >= 15 is 0 Å². The number of benzene rings is 2. The molecule has 0 atom stereocenters. The van der Waals surface area contributed by atoms with Gasteiger partial charge >= 0.3 is 0 Å². The summed E-state index contributed by atoms with van der Waals surface area (Å²) in [6.07, 6.45) is 0. The molecule has 7 heteroatoms. The Bertz CT molecular complexity index is 647. The van der Waals surface area contributed by atoms with Crippen LogP contribution in [0.1, 0.15) is 0 Å². The Morgan fingerprint density at radius 2 is 1.68 bits per heavy atom. The van der Waals surface area contributed by atoms with Crippen molar-refractivity contribution in [3.8, 4) is 0 Å². The maximum atomic E-state index is 14.0. The third-order valence-electron chi connectivity index (χ3n) is 2.45. The van der Waals surface area contributed by atoms with Crippen molar-refractivity contribution in [1.29, 1.82) is 0 Å². The van der Waals surface area contributed by atoms with Crippen LogP contribution in [0.25, 0.3) is 0 Å². The fourth-order valence-corrected chi connectivity index (χ4v) is 2.01. The molecular formula is C12H9Cl3FN3. The third-order valence-corrected chi connectivity index (χ3v) is 3.40. The molecule has 0 heterocycles. The van der Waals surface area contributed by atoms with Gasteiger partial charge in [-0.3, -0.25) is 0 Å². The molecule has 5 N–H and O–H groups in total. The molecule has 0 saturated carbocycles. The summed E-state index contributed by atoms with van der Waals surface area (Å²) in [5, 5.41) is 3.38. The molecule has 100 valence electrons. The van der Waals surface area contributed by atoms with E-state index in [0.29, 0.717) is 15.7 Å². The zero-order valence-corrected chi connectivity index (χ0v) is 11.7. The molecule has 0 spiro atoms. The summed E-state index contributed by atoms with van der Waals surface area (Å²) in [5.74, 6) is -0.741. The molecule has 0 aliphatic heterocycles. The number of nitrogen functional groups attached to an aromatic ring is 2. The maximum Gasteiger partial charge on any atom is 0.169 e. The standard InChI is InChI=1S/C12H9Cl3FN3/c13-5-1-2-6(14)9(3-5)19-12-8(18)4-7(17)10(15)11(12)16/h1-4,19H,17-18H2. The highest BCUT2D eigenvalue weighted by molar-refractivity contribution is 6.35. The Morgan fingerprint density at radius 1 is 1.00 bits per heavy atom. The zero-order chi connectivity index (χ0) is 14.2. The van der Waals surface area contributed by atoms with Crippen LogP contribution in [0.15, 0.2) is 24.3 Å². The van der Waals surface area contributed by atoms with Crippen molar-refractivity contribution >= 4 is 57.6 Å². The van der Waals surface area contributed by atoms with Gasteiger partial charge in [-0.05, 0) is 24.3 Å². The minimum atomic E-state index is -0.741. The predicted octanol–water partition coefficient (Wildman–Crippen LogP) is 4.69. The van der Waals surface area contributed by atoms with E-state index in [0.717, 1.165) is 0 Å². The van der Waals surface area contributed by atoms with E-state index in [2.05, 4.69) is 5.32 Å². The summed E-state index contributed by atoms with van der Waals surface area (Å²) in [5.41, 5.74) is 11.8. The number of hydrogen-bond acceptors (Lipinski definition) is 3. The van der Waals surface area contributed by atoms with Crippen LogP contribution < -0.4 is 16.8 Å². The van der Waals surface area contributed by atoms with Gasteiger partial charge in [0, 0.05) is 5.02 Å². The minimum Gasteiger partial charge on any atom is -0.397 e. The van der Waals surface area contributed by atoms with E-state index in [1.165, 1.54) is 6.07 Å². The second kappa shape index (κ2) is 5.33. The second-order valence-electron chi connectivity index (χ2n) is 3.81. The van der Waals surface area contributed by atoms with Crippen LogP contribution in [0.3, 0.4) is 0 Å². The van der Waals surface area contributed by atoms with Gasteiger partial charge in [0.05, 0.1) is 27.8 Å². The molecule has 0 amide bonds. The Balaban J connectivity index is 2.49. The van der Waals surface area contributed by atoms with Gasteiger partial charge in [0.2, 0.25) is 0 Å². The van der Waals surface area contributed by atoms with Crippen molar-refractivity contribution in [3.63, 3.8) is 0 Å². The van der Waals surface area contributed by atoms with Crippen molar-refractivity contribution in [2.45, 2.75) is 0 Å². The number of anilines is 4. The monoisotopic (exact) mass is 319 g/mol. The minimum absolute atomic E-state index is 0.00312. The first-order valence-corrected chi connectivity index (χ1v) is 6.28. The van der Waals surface area contributed by atoms with Crippen LogP contribution in [0.5, 0.6) is 0 Å². The third kappa shape index (κ3) is 2.81. The van der Waals surface area contributed by atoms with Gasteiger partial charge in [-0.25, -0.2) is 4.39 Å². The largest absolute Gasteiger partial charge is 0.397 e. The van der Waals surface area contributed by atoms with Gasteiger partial charge < -0.3 is 16.8 Å². The summed E-state index contributed by atoms with van der Waals surface area (Å²) in [4.78, 5) is 0. The average molecular weight is 321 g/mol. The Hall–Kier alpha value is -1.36. The van der Waals surface area contributed by atoms with Crippen molar-refractivity contribution in [3.05, 3.63) is 45.2 Å². The number of nitrogens with two attached hydrogens (primary N) is 2. The van der Waals surface area contributed by atoms with E-state index in [1.54, 1.807) is 18.2 Å². The fraction of sp³-hybridized carbons (Fsp3) is 0. The lowest BCUT2D eigenvalue weighted by atomic mass is 10.2. The van der Waals surface area contributed by atoms with Crippen LogP contribution in [-0.4, -0.2) is 0 Å². The fourth-order valence-electron chi connectivity index (χ4n) is 1.52. The van der Waals surface area contributed by atoms with Crippen molar-refractivity contribution < 1.29 is 4.39 Å². The molecule has 0 fully saturated rings. The van der Waals surface area contributed by atoms with Crippen molar-refractivity contribution in [1.82, 2.24) is 0 Å². The van der Waals surface area contributed by atoms with E-state index in [4.69, 9.17) is 46.3 Å². The lowest BCUT2D eigenvalue weighted by molar-refractivity contribution is 0.633. The molecule has 0 aliphatic carbocycles. The SMILES string of the molecule is Nc1cc(N)c(Nc2cc(Cl)ccc2Cl)c(F)c1Cl. The maximum absolute atomic E-state index is 14.0. The number of nitrogens with one attached hydrogen (secondary N) is 1. The van der Waals surface area contributed by atoms with Gasteiger partial charge in [-0.15, -0.1) is 0 Å². The first-order chi connectivity index (χ1) is 8.90. The Kier molecular flexibility index (Phi) is 3.94. The van der Waals surface area contributed by atoms with Gasteiger partial charge in [-0.2, -0.15) is 0 Å². The van der Waals surface area contributed by atoms with Crippen LogP contribution >= 0.6 is 34.8 Å². The Labute approximate surface area is 124 Å². The quantitative estimate of drug-likeness (QED) is 0.703. The van der Waals surface area contributed by atoms with Gasteiger partial charge in [0.25, 0.3) is 0 Å². The molecular weight excluding hydrogens is 312 g/mol. The molecule has 3 nitrogen and oxygen atoms in total. The summed E-state index contributed by atoms with van der Waals surface area (Å²) in [6.45, 7) is 0. The molecule has 2 aromatic carbocycles. The van der Waals surface area contributed by atoms with Crippen LogP contribution in [-0.2, 0) is 0 Å². The highest BCUT2D eigenvalue weighted by atomic mass is 35.5. The predicted molar refractivity (Wildman–Crippen MR) is 80.0 cm³/mol.